The van der Waals surface area contributed by atoms with E-state index in [0.29, 0.717) is 11.5 Å². The number of hydrogen-bond donors (Lipinski definition) is 4. The number of aliphatic carboxylic acids is 2. The van der Waals surface area contributed by atoms with Gasteiger partial charge in [0.2, 0.25) is 11.3 Å². The molecule has 0 aliphatic rings. The van der Waals surface area contributed by atoms with Crippen LogP contribution >= 0.6 is 23.5 Å². The molecular formula is C10H20N4O4S2. The molecule has 2 atom stereocenters. The number of thioether (sulfide) groups is 2. The molecule has 0 aromatic rings. The normalized spacial score (nSPS) is 17.6. The lowest BCUT2D eigenvalue weighted by Crippen LogP contribution is -2.50. The summed E-state index contributed by atoms with van der Waals surface area (Å²) in [5.74, 6) is -1.82. The van der Waals surface area contributed by atoms with Gasteiger partial charge in [-0.2, -0.15) is 33.8 Å². The first-order valence-corrected chi connectivity index (χ1v) is 8.47. The molecule has 0 saturated heterocycles. The monoisotopic (exact) mass is 324 g/mol. The minimum Gasteiger partial charge on any atom is -0.478 e. The first-order valence-electron chi connectivity index (χ1n) is 5.68. The number of carboxylic acid groups (broad SMARTS) is 2. The zero-order chi connectivity index (χ0) is 15.8. The van der Waals surface area contributed by atoms with E-state index in [2.05, 4.69) is 10.2 Å². The van der Waals surface area contributed by atoms with E-state index in [1.54, 1.807) is 12.5 Å². The van der Waals surface area contributed by atoms with Crippen molar-refractivity contribution in [2.45, 2.75) is 24.2 Å². The summed E-state index contributed by atoms with van der Waals surface area (Å²) in [6, 6.07) is 0. The van der Waals surface area contributed by atoms with E-state index in [-0.39, 0.29) is 12.8 Å². The van der Waals surface area contributed by atoms with Crippen LogP contribution in [-0.2, 0) is 9.59 Å². The molecule has 0 rings (SSSR count). The van der Waals surface area contributed by atoms with Gasteiger partial charge in [-0.25, -0.2) is 9.59 Å². The van der Waals surface area contributed by atoms with Crippen molar-refractivity contribution in [1.82, 2.24) is 0 Å². The molecule has 2 unspecified atom stereocenters. The van der Waals surface area contributed by atoms with E-state index in [1.807, 2.05) is 0 Å². The molecule has 0 aromatic carbocycles. The van der Waals surface area contributed by atoms with Gasteiger partial charge in [0.15, 0.2) is 0 Å². The van der Waals surface area contributed by atoms with Crippen molar-refractivity contribution >= 4 is 35.5 Å². The Bertz CT molecular complexity index is 348. The molecule has 0 aromatic heterocycles. The topological polar surface area (TPSA) is 151 Å². The second-order valence-electron chi connectivity index (χ2n) is 4.14. The van der Waals surface area contributed by atoms with Crippen LogP contribution in [0.2, 0.25) is 0 Å². The summed E-state index contributed by atoms with van der Waals surface area (Å²) in [5, 5.41) is 25.2. The zero-order valence-corrected chi connectivity index (χ0v) is 13.0. The quantitative estimate of drug-likeness (QED) is 0.422. The predicted molar refractivity (Wildman–Crippen MR) is 80.0 cm³/mol. The average molecular weight is 324 g/mol. The molecule has 0 radical (unpaired) electrons. The number of rotatable bonds is 10. The van der Waals surface area contributed by atoms with Crippen LogP contribution in [0.1, 0.15) is 12.8 Å². The van der Waals surface area contributed by atoms with Gasteiger partial charge in [-0.1, -0.05) is 0 Å². The van der Waals surface area contributed by atoms with Crippen molar-refractivity contribution < 1.29 is 19.8 Å². The number of carbonyl (C=O) groups is 2. The number of nitrogens with zero attached hydrogens (tertiary/aromatic N) is 2. The third-order valence-electron chi connectivity index (χ3n) is 2.52. The predicted octanol–water partition coefficient (Wildman–Crippen LogP) is 0.424. The van der Waals surface area contributed by atoms with Crippen molar-refractivity contribution in [1.29, 1.82) is 0 Å². The molecule has 0 heterocycles. The van der Waals surface area contributed by atoms with Crippen molar-refractivity contribution in [3.63, 3.8) is 0 Å². The lowest BCUT2D eigenvalue weighted by molar-refractivity contribution is -0.145. The third kappa shape index (κ3) is 5.65. The SMILES string of the molecule is CSCCC(N)(/N=N/C(N)(CCSC)C(=O)O)C(=O)O. The molecule has 8 nitrogen and oxygen atoms in total. The van der Waals surface area contributed by atoms with Gasteiger partial charge in [0.1, 0.15) is 0 Å². The van der Waals surface area contributed by atoms with Crippen LogP contribution in [0.25, 0.3) is 0 Å². The van der Waals surface area contributed by atoms with Gasteiger partial charge in [0.05, 0.1) is 0 Å². The third-order valence-corrected chi connectivity index (χ3v) is 3.75. The molecule has 0 aliphatic heterocycles. The van der Waals surface area contributed by atoms with Crippen molar-refractivity contribution in [2.75, 3.05) is 24.0 Å². The Morgan fingerprint density at radius 2 is 1.25 bits per heavy atom. The summed E-state index contributed by atoms with van der Waals surface area (Å²) in [6.07, 6.45) is 3.65. The number of carboxylic acids is 2. The van der Waals surface area contributed by atoms with Crippen LogP contribution in [0.5, 0.6) is 0 Å². The summed E-state index contributed by atoms with van der Waals surface area (Å²) in [7, 11) is 0. The number of nitrogens with two attached hydrogens (primary N) is 2. The van der Waals surface area contributed by atoms with E-state index < -0.39 is 23.3 Å². The van der Waals surface area contributed by atoms with E-state index in [1.165, 1.54) is 23.5 Å². The fourth-order valence-corrected chi connectivity index (χ4v) is 2.12. The van der Waals surface area contributed by atoms with Crippen molar-refractivity contribution in [3.05, 3.63) is 0 Å². The van der Waals surface area contributed by atoms with E-state index >= 15 is 0 Å². The first kappa shape index (κ1) is 19.2. The van der Waals surface area contributed by atoms with Crippen LogP contribution in [0.3, 0.4) is 0 Å². The Kier molecular flexibility index (Phi) is 8.09. The van der Waals surface area contributed by atoms with Crippen molar-refractivity contribution in [3.8, 4) is 0 Å². The summed E-state index contributed by atoms with van der Waals surface area (Å²) < 4.78 is 0. The minimum atomic E-state index is -1.96. The smallest absolute Gasteiger partial charge is 0.348 e. The fraction of sp³-hybridized carbons (Fsp3) is 0.800. The molecule has 10 heteroatoms. The highest BCUT2D eigenvalue weighted by Crippen LogP contribution is 2.19. The average Bonchev–Trinajstić information content (AvgIpc) is 2.40. The van der Waals surface area contributed by atoms with Gasteiger partial charge < -0.3 is 10.2 Å². The number of azo groups is 1. The molecule has 0 amide bonds. The lowest BCUT2D eigenvalue weighted by Gasteiger charge is -2.22. The molecule has 20 heavy (non-hydrogen) atoms. The molecule has 0 bridgehead atoms. The summed E-state index contributed by atoms with van der Waals surface area (Å²) in [4.78, 5) is 22.3. The largest absolute Gasteiger partial charge is 0.478 e. The van der Waals surface area contributed by atoms with Crippen LogP contribution in [0.15, 0.2) is 10.2 Å². The van der Waals surface area contributed by atoms with E-state index in [4.69, 9.17) is 21.7 Å². The summed E-state index contributed by atoms with van der Waals surface area (Å²) >= 11 is 2.81. The molecule has 0 aliphatic carbocycles. The second kappa shape index (κ2) is 8.45. The van der Waals surface area contributed by atoms with Gasteiger partial charge in [-0.15, -0.1) is 0 Å². The molecule has 0 spiro atoms. The molecule has 6 N–H and O–H groups in total. The molecular weight excluding hydrogens is 304 g/mol. The Balaban J connectivity index is 5.14. The Labute approximate surface area is 125 Å². The highest BCUT2D eigenvalue weighted by atomic mass is 32.2. The van der Waals surface area contributed by atoms with Gasteiger partial charge in [0, 0.05) is 12.8 Å². The Morgan fingerprint density at radius 1 is 0.950 bits per heavy atom. The minimum absolute atomic E-state index is 0.0330. The first-order chi connectivity index (χ1) is 9.22. The van der Waals surface area contributed by atoms with Crippen LogP contribution in [-0.4, -0.2) is 57.5 Å². The highest BCUT2D eigenvalue weighted by molar-refractivity contribution is 7.98. The van der Waals surface area contributed by atoms with Gasteiger partial charge in [0.25, 0.3) is 0 Å². The maximum atomic E-state index is 11.1. The zero-order valence-electron chi connectivity index (χ0n) is 11.4. The van der Waals surface area contributed by atoms with Gasteiger partial charge in [-0.3, -0.25) is 11.5 Å². The van der Waals surface area contributed by atoms with Crippen LogP contribution in [0, 0.1) is 0 Å². The second-order valence-corrected chi connectivity index (χ2v) is 6.12. The summed E-state index contributed by atoms with van der Waals surface area (Å²) in [6.45, 7) is 0. The van der Waals surface area contributed by atoms with Gasteiger partial charge >= 0.3 is 11.9 Å². The van der Waals surface area contributed by atoms with Crippen LogP contribution in [0.4, 0.5) is 0 Å². The standard InChI is InChI=1S/C10H20N4O4S2/c1-19-5-3-9(11,7(15)16)13-14-10(12,8(17)18)4-6-20-2/h3-6,11-12H2,1-2H3,(H,15,16)(H,17,18)/b14-13+. The fourth-order valence-electron chi connectivity index (χ4n) is 1.09. The number of hydrogen-bond acceptors (Lipinski definition) is 8. The van der Waals surface area contributed by atoms with E-state index in [9.17, 15) is 9.59 Å². The van der Waals surface area contributed by atoms with Crippen LogP contribution < -0.4 is 11.5 Å². The lowest BCUT2D eigenvalue weighted by atomic mass is 10.1. The highest BCUT2D eigenvalue weighted by Gasteiger charge is 2.38. The maximum absolute atomic E-state index is 11.1. The maximum Gasteiger partial charge on any atom is 0.348 e. The van der Waals surface area contributed by atoms with Gasteiger partial charge in [-0.05, 0) is 24.0 Å². The molecule has 116 valence electrons. The molecule has 0 saturated carbocycles. The molecule has 0 fully saturated rings. The Hall–Kier alpha value is -0.840. The van der Waals surface area contributed by atoms with E-state index in [0.717, 1.165) is 0 Å². The Morgan fingerprint density at radius 3 is 1.45 bits per heavy atom. The van der Waals surface area contributed by atoms with Crippen molar-refractivity contribution in [2.24, 2.45) is 21.7 Å². The summed E-state index contributed by atoms with van der Waals surface area (Å²) in [5.41, 5.74) is 7.36.